The first-order valence-electron chi connectivity index (χ1n) is 6.14. The van der Waals surface area contributed by atoms with Crippen LogP contribution in [0.15, 0.2) is 12.3 Å². The third-order valence-corrected chi connectivity index (χ3v) is 3.14. The van der Waals surface area contributed by atoms with Gasteiger partial charge in [0.2, 0.25) is 0 Å². The van der Waals surface area contributed by atoms with Crippen molar-refractivity contribution in [2.24, 2.45) is 11.8 Å². The van der Waals surface area contributed by atoms with Gasteiger partial charge >= 0.3 is 0 Å². The molecule has 0 fully saturated rings. The molecule has 1 rings (SSSR count). The fourth-order valence-electron chi connectivity index (χ4n) is 1.55. The van der Waals surface area contributed by atoms with Crippen LogP contribution >= 0.6 is 0 Å². The zero-order chi connectivity index (χ0) is 13.0. The molecule has 0 aliphatic rings. The molecule has 96 valence electrons. The molecule has 1 aromatic heterocycles. The number of rotatable bonds is 6. The minimum Gasteiger partial charge on any atom is -0.308 e. The van der Waals surface area contributed by atoms with Crippen LogP contribution < -0.4 is 0 Å². The smallest absolute Gasteiger partial charge is 0.183 e. The van der Waals surface area contributed by atoms with Crippen molar-refractivity contribution in [2.45, 2.75) is 27.3 Å². The molecule has 4 nitrogen and oxygen atoms in total. The summed E-state index contributed by atoms with van der Waals surface area (Å²) in [5.74, 6) is 0.598. The molecule has 0 amide bonds. The molecule has 1 aromatic rings. The first kappa shape index (κ1) is 13.9. The van der Waals surface area contributed by atoms with Gasteiger partial charge in [-0.15, -0.1) is 0 Å². The van der Waals surface area contributed by atoms with E-state index in [2.05, 4.69) is 23.8 Å². The molecule has 0 aliphatic carbocycles. The van der Waals surface area contributed by atoms with Gasteiger partial charge in [0.15, 0.2) is 5.78 Å². The van der Waals surface area contributed by atoms with E-state index in [1.54, 1.807) is 10.9 Å². The van der Waals surface area contributed by atoms with Crippen LogP contribution in [0.5, 0.6) is 0 Å². The molecule has 0 spiro atoms. The van der Waals surface area contributed by atoms with Crippen LogP contribution in [0.25, 0.3) is 0 Å². The molecule has 1 atom stereocenters. The van der Waals surface area contributed by atoms with Gasteiger partial charge in [-0.05, 0) is 26.1 Å². The number of likely N-dealkylation sites (N-methyl/N-ethyl adjacent to an activating group) is 1. The summed E-state index contributed by atoms with van der Waals surface area (Å²) in [5.41, 5.74) is 0.730. The second-order valence-corrected chi connectivity index (χ2v) is 5.14. The number of ketones is 1. The molecule has 1 heterocycles. The zero-order valence-electron chi connectivity index (χ0n) is 11.5. The van der Waals surface area contributed by atoms with Crippen LogP contribution in [0.2, 0.25) is 0 Å². The van der Waals surface area contributed by atoms with E-state index >= 15 is 0 Å². The molecule has 0 radical (unpaired) electrons. The standard InChI is InChI=1S/C13H23N3O/c1-10(2)11(3)13(17)12-6-7-14-16(12)9-8-15(4)5/h6-7,10-11H,8-9H2,1-5H3. The molecule has 17 heavy (non-hydrogen) atoms. The molecule has 1 unspecified atom stereocenters. The summed E-state index contributed by atoms with van der Waals surface area (Å²) in [6.07, 6.45) is 1.70. The molecule has 0 N–H and O–H groups in total. The van der Waals surface area contributed by atoms with Crippen LogP contribution in [0.1, 0.15) is 31.3 Å². The maximum atomic E-state index is 12.2. The van der Waals surface area contributed by atoms with Gasteiger partial charge in [-0.25, -0.2) is 0 Å². The minimum atomic E-state index is 0.0461. The Hall–Kier alpha value is -1.16. The van der Waals surface area contributed by atoms with E-state index in [4.69, 9.17) is 0 Å². The van der Waals surface area contributed by atoms with Gasteiger partial charge < -0.3 is 4.90 Å². The van der Waals surface area contributed by atoms with Gasteiger partial charge in [0.25, 0.3) is 0 Å². The molecule has 4 heteroatoms. The van der Waals surface area contributed by atoms with Crippen LogP contribution in [0.3, 0.4) is 0 Å². The molecule has 0 aliphatic heterocycles. The van der Waals surface area contributed by atoms with E-state index in [-0.39, 0.29) is 11.7 Å². The fourth-order valence-corrected chi connectivity index (χ4v) is 1.55. The second kappa shape index (κ2) is 5.96. The summed E-state index contributed by atoms with van der Waals surface area (Å²) in [6.45, 7) is 7.77. The van der Waals surface area contributed by atoms with Crippen molar-refractivity contribution < 1.29 is 4.79 Å². The summed E-state index contributed by atoms with van der Waals surface area (Å²) in [4.78, 5) is 14.3. The van der Waals surface area contributed by atoms with Crippen molar-refractivity contribution in [3.8, 4) is 0 Å². The van der Waals surface area contributed by atoms with Gasteiger partial charge in [-0.3, -0.25) is 9.48 Å². The lowest BCUT2D eigenvalue weighted by molar-refractivity contribution is 0.0887. The lowest BCUT2D eigenvalue weighted by Gasteiger charge is -2.16. The number of nitrogens with zero attached hydrogens (tertiary/aromatic N) is 3. The molecular weight excluding hydrogens is 214 g/mol. The van der Waals surface area contributed by atoms with Crippen molar-refractivity contribution in [3.05, 3.63) is 18.0 Å². The number of Topliss-reactive ketones (excluding diaryl/α,β-unsaturated/α-hetero) is 1. The van der Waals surface area contributed by atoms with E-state index < -0.39 is 0 Å². The SMILES string of the molecule is CC(C)C(C)C(=O)c1ccnn1CCN(C)C. The molecule has 0 saturated heterocycles. The van der Waals surface area contributed by atoms with Gasteiger partial charge in [0.05, 0.1) is 6.54 Å². The predicted molar refractivity (Wildman–Crippen MR) is 69.1 cm³/mol. The predicted octanol–water partition coefficient (Wildman–Crippen LogP) is 1.92. The van der Waals surface area contributed by atoms with Crippen LogP contribution in [0, 0.1) is 11.8 Å². The molecule has 0 saturated carbocycles. The van der Waals surface area contributed by atoms with E-state index in [1.807, 2.05) is 27.1 Å². The Morgan fingerprint density at radius 1 is 1.41 bits per heavy atom. The Morgan fingerprint density at radius 2 is 2.06 bits per heavy atom. The summed E-state index contributed by atoms with van der Waals surface area (Å²) in [7, 11) is 4.03. The Labute approximate surface area is 104 Å². The number of carbonyl (C=O) groups excluding carboxylic acids is 1. The van der Waals surface area contributed by atoms with Gasteiger partial charge in [0, 0.05) is 18.7 Å². The quantitative estimate of drug-likeness (QED) is 0.709. The third kappa shape index (κ3) is 3.66. The van der Waals surface area contributed by atoms with Crippen molar-refractivity contribution in [1.82, 2.24) is 14.7 Å². The second-order valence-electron chi connectivity index (χ2n) is 5.14. The van der Waals surface area contributed by atoms with Crippen LogP contribution in [-0.2, 0) is 6.54 Å². The van der Waals surface area contributed by atoms with Crippen molar-refractivity contribution in [2.75, 3.05) is 20.6 Å². The van der Waals surface area contributed by atoms with Gasteiger partial charge in [0.1, 0.15) is 5.69 Å². The third-order valence-electron chi connectivity index (χ3n) is 3.14. The molecular formula is C13H23N3O. The van der Waals surface area contributed by atoms with Gasteiger partial charge in [-0.1, -0.05) is 20.8 Å². The first-order chi connectivity index (χ1) is 7.93. The Balaban J connectivity index is 2.77. The summed E-state index contributed by atoms with van der Waals surface area (Å²) < 4.78 is 1.81. The lowest BCUT2D eigenvalue weighted by Crippen LogP contribution is -2.24. The Bertz CT molecular complexity index is 368. The normalized spacial score (nSPS) is 13.4. The average Bonchev–Trinajstić information content (AvgIpc) is 2.72. The maximum absolute atomic E-state index is 12.2. The highest BCUT2D eigenvalue weighted by Crippen LogP contribution is 2.16. The number of aromatic nitrogens is 2. The lowest BCUT2D eigenvalue weighted by atomic mass is 9.92. The summed E-state index contributed by atoms with van der Waals surface area (Å²) in [5, 5.41) is 4.22. The van der Waals surface area contributed by atoms with Crippen molar-refractivity contribution in [1.29, 1.82) is 0 Å². The van der Waals surface area contributed by atoms with Crippen molar-refractivity contribution >= 4 is 5.78 Å². The number of carbonyl (C=O) groups is 1. The largest absolute Gasteiger partial charge is 0.308 e. The van der Waals surface area contributed by atoms with Crippen molar-refractivity contribution in [3.63, 3.8) is 0 Å². The van der Waals surface area contributed by atoms with E-state index in [0.717, 1.165) is 18.8 Å². The average molecular weight is 237 g/mol. The van der Waals surface area contributed by atoms with Crippen LogP contribution in [-0.4, -0.2) is 41.1 Å². The van der Waals surface area contributed by atoms with E-state index in [9.17, 15) is 4.79 Å². The number of hydrogen-bond acceptors (Lipinski definition) is 3. The summed E-state index contributed by atoms with van der Waals surface area (Å²) >= 11 is 0. The molecule has 0 bridgehead atoms. The van der Waals surface area contributed by atoms with Gasteiger partial charge in [-0.2, -0.15) is 5.10 Å². The molecule has 0 aromatic carbocycles. The highest BCUT2D eigenvalue weighted by molar-refractivity contribution is 5.96. The maximum Gasteiger partial charge on any atom is 0.183 e. The Kier molecular flexibility index (Phi) is 4.87. The fraction of sp³-hybridized carbons (Fsp3) is 0.692. The van der Waals surface area contributed by atoms with E-state index in [1.165, 1.54) is 0 Å². The van der Waals surface area contributed by atoms with E-state index in [0.29, 0.717) is 5.92 Å². The highest BCUT2D eigenvalue weighted by atomic mass is 16.1. The number of hydrogen-bond donors (Lipinski definition) is 0. The zero-order valence-corrected chi connectivity index (χ0v) is 11.5. The summed E-state index contributed by atoms with van der Waals surface area (Å²) in [6, 6.07) is 1.82. The monoisotopic (exact) mass is 237 g/mol. The first-order valence-corrected chi connectivity index (χ1v) is 6.14. The van der Waals surface area contributed by atoms with Crippen LogP contribution in [0.4, 0.5) is 0 Å². The topological polar surface area (TPSA) is 38.1 Å². The highest BCUT2D eigenvalue weighted by Gasteiger charge is 2.21. The minimum absolute atomic E-state index is 0.0461. The Morgan fingerprint density at radius 3 is 2.59 bits per heavy atom.